The minimum absolute atomic E-state index is 0.00245. The number of alkyl halides is 5. The molecule has 50 heavy (non-hydrogen) atoms. The van der Waals surface area contributed by atoms with Crippen LogP contribution in [-0.4, -0.2) is 60.3 Å². The number of hydrogen-bond donors (Lipinski definition) is 0. The van der Waals surface area contributed by atoms with Crippen LogP contribution in [0.25, 0.3) is 33.9 Å². The van der Waals surface area contributed by atoms with Crippen molar-refractivity contribution in [3.8, 4) is 34.7 Å². The van der Waals surface area contributed by atoms with E-state index >= 15 is 4.39 Å². The molecule has 1 saturated carbocycles. The van der Waals surface area contributed by atoms with Gasteiger partial charge in [-0.2, -0.15) is 26.9 Å². The number of fused-ring (bicyclic) bond motifs is 1. The lowest BCUT2D eigenvalue weighted by atomic mass is 10.1. The molecule has 0 aliphatic heterocycles. The third kappa shape index (κ3) is 7.75. The highest BCUT2D eigenvalue weighted by Crippen LogP contribution is 2.46. The number of hydrogen-bond acceptors (Lipinski definition) is 9. The van der Waals surface area contributed by atoms with Gasteiger partial charge >= 0.3 is 12.8 Å². The Labute approximate surface area is 283 Å². The van der Waals surface area contributed by atoms with Crippen molar-refractivity contribution >= 4 is 19.1 Å². The van der Waals surface area contributed by atoms with Crippen LogP contribution >= 0.6 is 0 Å². The summed E-state index contributed by atoms with van der Waals surface area (Å²) >= 11 is 0. The quantitative estimate of drug-likeness (QED) is 0.0692. The second kappa shape index (κ2) is 13.6. The minimum Gasteiger partial charge on any atom is -0.471 e. The van der Waals surface area contributed by atoms with Crippen LogP contribution in [0, 0.1) is 12.7 Å². The van der Waals surface area contributed by atoms with Gasteiger partial charge in [0.05, 0.1) is 11.2 Å². The van der Waals surface area contributed by atoms with E-state index in [1.807, 2.05) is 11.5 Å². The van der Waals surface area contributed by atoms with Crippen molar-refractivity contribution in [2.45, 2.75) is 77.5 Å². The Balaban J connectivity index is 1.38. The van der Waals surface area contributed by atoms with E-state index in [4.69, 9.17) is 19.2 Å². The first-order valence-electron chi connectivity index (χ1n) is 15.7. The molecule has 18 heteroatoms. The maximum atomic E-state index is 15.3. The number of nitrogens with zero attached hydrogens (tertiary/aromatic N) is 8. The Hall–Kier alpha value is -4.58. The lowest BCUT2D eigenvalue weighted by Gasteiger charge is -2.17. The molecule has 0 spiro atoms. The van der Waals surface area contributed by atoms with E-state index in [2.05, 4.69) is 44.6 Å². The molecule has 5 heterocycles. The van der Waals surface area contributed by atoms with Gasteiger partial charge in [-0.1, -0.05) is 19.6 Å². The fourth-order valence-electron chi connectivity index (χ4n) is 5.30. The second-order valence-electron chi connectivity index (χ2n) is 13.3. The number of aryl methyl sites for hydroxylation is 2. The Morgan fingerprint density at radius 3 is 2.42 bits per heavy atom. The monoisotopic (exact) mass is 720 g/mol. The number of ether oxygens (including phenoxy) is 3. The third-order valence-electron chi connectivity index (χ3n) is 8.02. The summed E-state index contributed by atoms with van der Waals surface area (Å²) in [6.45, 7) is 5.81. The van der Waals surface area contributed by atoms with Gasteiger partial charge in [-0.3, -0.25) is 0 Å². The molecule has 0 aromatic carbocycles. The van der Waals surface area contributed by atoms with Gasteiger partial charge in [0.25, 0.3) is 0 Å². The van der Waals surface area contributed by atoms with Crippen molar-refractivity contribution < 1.29 is 40.6 Å². The molecule has 5 aromatic heterocycles. The highest BCUT2D eigenvalue weighted by atomic mass is 28.3. The van der Waals surface area contributed by atoms with Crippen LogP contribution in [-0.2, 0) is 31.3 Å². The molecule has 0 N–H and O–H groups in total. The van der Waals surface area contributed by atoms with Crippen molar-refractivity contribution in [2.24, 2.45) is 7.05 Å². The molecule has 1 aliphatic rings. The maximum absolute atomic E-state index is 15.3. The molecule has 0 unspecified atom stereocenters. The van der Waals surface area contributed by atoms with E-state index in [1.165, 1.54) is 13.2 Å². The van der Waals surface area contributed by atoms with Crippen molar-refractivity contribution in [2.75, 3.05) is 6.61 Å². The Morgan fingerprint density at radius 2 is 1.78 bits per heavy atom. The number of aromatic nitrogens is 8. The zero-order valence-electron chi connectivity index (χ0n) is 27.9. The van der Waals surface area contributed by atoms with Crippen LogP contribution in [0.2, 0.25) is 25.7 Å². The molecule has 5 aromatic rings. The molecule has 11 nitrogen and oxygen atoms in total. The zero-order valence-corrected chi connectivity index (χ0v) is 28.9. The second-order valence-corrected chi connectivity index (χ2v) is 18.9. The van der Waals surface area contributed by atoms with Crippen LogP contribution in [0.5, 0.6) is 11.8 Å². The fraction of sp³-hybridized carbons (Fsp3) is 0.438. The van der Waals surface area contributed by atoms with Gasteiger partial charge in [-0.25, -0.2) is 29.3 Å². The molecule has 1 aliphatic carbocycles. The SMILES string of the molecule is Cc1cc2nc(-c3c(OC(F)F)ncnc3C3CC3)nc(OCc3cnc(-c4nc(C(F)(F)F)cn4C)c(F)c3)c2n1COCC[Si](C)(C)C. The maximum Gasteiger partial charge on any atom is 0.434 e. The van der Waals surface area contributed by atoms with Crippen molar-refractivity contribution in [3.05, 3.63) is 59.3 Å². The van der Waals surface area contributed by atoms with Crippen LogP contribution in [0.1, 0.15) is 41.4 Å². The summed E-state index contributed by atoms with van der Waals surface area (Å²) < 4.78 is 102. The average Bonchev–Trinajstić information content (AvgIpc) is 3.72. The summed E-state index contributed by atoms with van der Waals surface area (Å²) in [5, 5.41) is 0. The molecule has 0 atom stereocenters. The third-order valence-corrected chi connectivity index (χ3v) is 9.72. The summed E-state index contributed by atoms with van der Waals surface area (Å²) in [6, 6.07) is 3.80. The van der Waals surface area contributed by atoms with Crippen molar-refractivity contribution in [1.82, 2.24) is 39.0 Å². The van der Waals surface area contributed by atoms with Gasteiger partial charge in [0.1, 0.15) is 36.4 Å². The molecular weight excluding hydrogens is 686 g/mol. The highest BCUT2D eigenvalue weighted by Gasteiger charge is 2.35. The van der Waals surface area contributed by atoms with Crippen molar-refractivity contribution in [1.29, 1.82) is 0 Å². The lowest BCUT2D eigenvalue weighted by molar-refractivity contribution is -0.140. The van der Waals surface area contributed by atoms with Gasteiger partial charge in [0.15, 0.2) is 23.2 Å². The fourth-order valence-corrected chi connectivity index (χ4v) is 6.06. The van der Waals surface area contributed by atoms with E-state index in [-0.39, 0.29) is 59.5 Å². The molecule has 1 fully saturated rings. The first-order chi connectivity index (χ1) is 23.6. The van der Waals surface area contributed by atoms with Crippen LogP contribution < -0.4 is 9.47 Å². The molecule has 6 rings (SSSR count). The number of pyridine rings is 1. The molecule has 0 amide bonds. The first kappa shape index (κ1) is 35.3. The van der Waals surface area contributed by atoms with Crippen LogP contribution in [0.3, 0.4) is 0 Å². The molecule has 0 radical (unpaired) electrons. The van der Waals surface area contributed by atoms with E-state index in [0.717, 1.165) is 47.7 Å². The summed E-state index contributed by atoms with van der Waals surface area (Å²) in [5.41, 5.74) is 0.881. The van der Waals surface area contributed by atoms with E-state index in [0.29, 0.717) is 23.3 Å². The normalized spacial score (nSPS) is 13.8. The summed E-state index contributed by atoms with van der Waals surface area (Å²) in [5.74, 6) is -1.58. The summed E-state index contributed by atoms with van der Waals surface area (Å²) in [4.78, 5) is 25.2. The van der Waals surface area contributed by atoms with Gasteiger partial charge in [0, 0.05) is 51.3 Å². The first-order valence-corrected chi connectivity index (χ1v) is 19.4. The van der Waals surface area contributed by atoms with E-state index < -0.39 is 32.4 Å². The standard InChI is InChI=1S/C32H34F6N8O3Si/c1-17-10-21-26(46(17)16-47-8-9-50(3,4)5)30(44-27(42-21)23-24(19-6-7-19)40-15-41-29(23)49-31(34)35)48-14-18-11-20(33)25(39-12-18)28-43-22(13-45(28)2)32(36,37)38/h10-13,15,19,31H,6-9,14,16H2,1-5H3. The number of imidazole rings is 1. The number of rotatable bonds is 13. The number of halogens is 6. The Kier molecular flexibility index (Phi) is 9.60. The topological polar surface area (TPSA) is 115 Å². The lowest BCUT2D eigenvalue weighted by Crippen LogP contribution is -2.22. The highest BCUT2D eigenvalue weighted by molar-refractivity contribution is 6.76. The van der Waals surface area contributed by atoms with Gasteiger partial charge in [0.2, 0.25) is 11.8 Å². The minimum atomic E-state index is -4.71. The van der Waals surface area contributed by atoms with Crippen molar-refractivity contribution in [3.63, 3.8) is 0 Å². The molecule has 266 valence electrons. The Bertz CT molecular complexity index is 2020. The molecule has 0 bridgehead atoms. The summed E-state index contributed by atoms with van der Waals surface area (Å²) in [7, 11) is -0.0637. The zero-order chi connectivity index (χ0) is 36.0. The van der Waals surface area contributed by atoms with Crippen LogP contribution in [0.15, 0.2) is 30.9 Å². The smallest absolute Gasteiger partial charge is 0.434 e. The van der Waals surface area contributed by atoms with E-state index in [9.17, 15) is 22.0 Å². The summed E-state index contributed by atoms with van der Waals surface area (Å²) in [6.07, 6.45) is 0.0325. The predicted molar refractivity (Wildman–Crippen MR) is 172 cm³/mol. The Morgan fingerprint density at radius 1 is 1.02 bits per heavy atom. The van der Waals surface area contributed by atoms with E-state index in [1.54, 1.807) is 6.07 Å². The van der Waals surface area contributed by atoms with Gasteiger partial charge in [-0.15, -0.1) is 0 Å². The van der Waals surface area contributed by atoms with Gasteiger partial charge in [-0.05, 0) is 37.9 Å². The molecule has 0 saturated heterocycles. The molecular formula is C32H34F6N8O3Si. The predicted octanol–water partition coefficient (Wildman–Crippen LogP) is 7.52. The van der Waals surface area contributed by atoms with Gasteiger partial charge < -0.3 is 23.3 Å². The largest absolute Gasteiger partial charge is 0.471 e. The average molecular weight is 721 g/mol. The van der Waals surface area contributed by atoms with Crippen LogP contribution in [0.4, 0.5) is 26.3 Å².